The van der Waals surface area contributed by atoms with Gasteiger partial charge in [-0.25, -0.2) is 4.79 Å². The van der Waals surface area contributed by atoms with E-state index in [1.54, 1.807) is 10.9 Å². The molecule has 1 N–H and O–H groups in total. The van der Waals surface area contributed by atoms with Gasteiger partial charge in [0.05, 0.1) is 5.69 Å². The molecule has 0 atom stereocenters. The molecule has 15 heavy (non-hydrogen) atoms. The Labute approximate surface area is 89.9 Å². The molecule has 0 fully saturated rings. The minimum absolute atomic E-state index is 0.143. The number of carbonyl (C=O) groups is 1. The minimum atomic E-state index is -0.895. The second-order valence-electron chi connectivity index (χ2n) is 4.50. The highest BCUT2D eigenvalue weighted by atomic mass is 16.4. The van der Waals surface area contributed by atoms with Crippen molar-refractivity contribution in [3.05, 3.63) is 17.5 Å². The molecule has 1 heterocycles. The van der Waals surface area contributed by atoms with E-state index in [1.807, 2.05) is 13.8 Å². The Morgan fingerprint density at radius 2 is 2.07 bits per heavy atom. The summed E-state index contributed by atoms with van der Waals surface area (Å²) < 4.78 is 1.73. The van der Waals surface area contributed by atoms with Crippen LogP contribution in [0.1, 0.15) is 49.7 Å². The molecule has 4 heteroatoms. The van der Waals surface area contributed by atoms with Crippen LogP contribution in [0, 0.1) is 5.92 Å². The predicted molar refractivity (Wildman–Crippen MR) is 58.1 cm³/mol. The first-order chi connectivity index (χ1) is 6.91. The van der Waals surface area contributed by atoms with Gasteiger partial charge >= 0.3 is 5.97 Å². The van der Waals surface area contributed by atoms with Crippen LogP contribution in [0.5, 0.6) is 0 Å². The predicted octanol–water partition coefficient (Wildman–Crippen LogP) is 2.36. The number of hydrogen-bond acceptors (Lipinski definition) is 2. The maximum absolute atomic E-state index is 11.0. The maximum atomic E-state index is 11.0. The Morgan fingerprint density at radius 3 is 2.40 bits per heavy atom. The molecule has 84 valence electrons. The van der Waals surface area contributed by atoms with E-state index in [4.69, 9.17) is 5.11 Å². The van der Waals surface area contributed by atoms with Crippen LogP contribution in [-0.2, 0) is 6.54 Å². The molecule has 0 bridgehead atoms. The third-order valence-corrected chi connectivity index (χ3v) is 2.12. The Bertz CT molecular complexity index is 353. The van der Waals surface area contributed by atoms with Gasteiger partial charge in [-0.2, -0.15) is 5.10 Å². The summed E-state index contributed by atoms with van der Waals surface area (Å²) in [6.45, 7) is 8.82. The zero-order valence-electron chi connectivity index (χ0n) is 9.69. The van der Waals surface area contributed by atoms with Crippen LogP contribution in [-0.4, -0.2) is 20.9 Å². The maximum Gasteiger partial charge on any atom is 0.339 e. The molecule has 0 unspecified atom stereocenters. The lowest BCUT2D eigenvalue weighted by Gasteiger charge is -2.04. The van der Waals surface area contributed by atoms with Crippen LogP contribution in [0.15, 0.2) is 6.20 Å². The molecule has 1 aromatic heterocycles. The topological polar surface area (TPSA) is 55.1 Å². The van der Waals surface area contributed by atoms with Gasteiger partial charge < -0.3 is 5.11 Å². The summed E-state index contributed by atoms with van der Waals surface area (Å²) in [4.78, 5) is 11.0. The first-order valence-corrected chi connectivity index (χ1v) is 5.22. The molecular weight excluding hydrogens is 192 g/mol. The lowest BCUT2D eigenvalue weighted by atomic mass is 10.1. The normalized spacial score (nSPS) is 11.3. The van der Waals surface area contributed by atoms with Gasteiger partial charge in [-0.15, -0.1) is 0 Å². The molecular formula is C11H18N2O2. The number of carboxylic acid groups (broad SMARTS) is 1. The van der Waals surface area contributed by atoms with Crippen molar-refractivity contribution in [1.82, 2.24) is 9.78 Å². The number of aromatic nitrogens is 2. The van der Waals surface area contributed by atoms with E-state index in [9.17, 15) is 4.79 Å². The van der Waals surface area contributed by atoms with Gasteiger partial charge in [-0.3, -0.25) is 4.68 Å². The van der Waals surface area contributed by atoms with Crippen LogP contribution >= 0.6 is 0 Å². The van der Waals surface area contributed by atoms with Crippen LogP contribution < -0.4 is 0 Å². The minimum Gasteiger partial charge on any atom is -0.478 e. The fourth-order valence-corrected chi connectivity index (χ4v) is 1.50. The summed E-state index contributed by atoms with van der Waals surface area (Å²) in [6, 6.07) is 0. The largest absolute Gasteiger partial charge is 0.478 e. The van der Waals surface area contributed by atoms with E-state index in [1.165, 1.54) is 0 Å². The summed E-state index contributed by atoms with van der Waals surface area (Å²) in [6.07, 6.45) is 1.62. The van der Waals surface area contributed by atoms with Crippen LogP contribution in [0.4, 0.5) is 0 Å². The third-order valence-electron chi connectivity index (χ3n) is 2.12. The van der Waals surface area contributed by atoms with Gasteiger partial charge in [-0.1, -0.05) is 27.7 Å². The highest BCUT2D eigenvalue weighted by molar-refractivity contribution is 5.88. The molecule has 0 amide bonds. The monoisotopic (exact) mass is 210 g/mol. The van der Waals surface area contributed by atoms with E-state index in [0.717, 1.165) is 6.54 Å². The van der Waals surface area contributed by atoms with Crippen molar-refractivity contribution < 1.29 is 9.90 Å². The smallest absolute Gasteiger partial charge is 0.339 e. The van der Waals surface area contributed by atoms with Gasteiger partial charge in [0, 0.05) is 12.7 Å². The third kappa shape index (κ3) is 2.81. The lowest BCUT2D eigenvalue weighted by Crippen LogP contribution is -2.05. The van der Waals surface area contributed by atoms with E-state index in [0.29, 0.717) is 17.2 Å². The summed E-state index contributed by atoms with van der Waals surface area (Å²) in [5.41, 5.74) is 0.994. The average Bonchev–Trinajstić information content (AvgIpc) is 2.46. The number of rotatable bonds is 4. The summed E-state index contributed by atoms with van der Waals surface area (Å²) in [5.74, 6) is -0.287. The van der Waals surface area contributed by atoms with E-state index >= 15 is 0 Å². The Hall–Kier alpha value is -1.32. The first-order valence-electron chi connectivity index (χ1n) is 5.22. The quantitative estimate of drug-likeness (QED) is 0.830. The molecule has 0 saturated carbocycles. The average molecular weight is 210 g/mol. The van der Waals surface area contributed by atoms with Crippen molar-refractivity contribution in [2.45, 2.75) is 40.2 Å². The summed E-state index contributed by atoms with van der Waals surface area (Å²) >= 11 is 0. The molecule has 0 spiro atoms. The molecule has 0 aromatic carbocycles. The number of carboxylic acids is 1. The molecule has 1 aromatic rings. The number of aromatic carboxylic acids is 1. The Kier molecular flexibility index (Phi) is 3.50. The van der Waals surface area contributed by atoms with E-state index < -0.39 is 5.97 Å². The second-order valence-corrected chi connectivity index (χ2v) is 4.50. The SMILES string of the molecule is CC(C)Cn1cc(C(=O)O)c(C(C)C)n1. The van der Waals surface area contributed by atoms with E-state index in [-0.39, 0.29) is 5.92 Å². The zero-order valence-corrected chi connectivity index (χ0v) is 9.69. The zero-order chi connectivity index (χ0) is 11.6. The standard InChI is InChI=1S/C11H18N2O2/c1-7(2)5-13-6-9(11(14)15)10(12-13)8(3)4/h6-8H,5H2,1-4H3,(H,14,15). The molecule has 4 nitrogen and oxygen atoms in total. The van der Waals surface area contributed by atoms with Gasteiger partial charge in [0.15, 0.2) is 0 Å². The van der Waals surface area contributed by atoms with Crippen molar-refractivity contribution in [3.63, 3.8) is 0 Å². The van der Waals surface area contributed by atoms with Gasteiger partial charge in [0.1, 0.15) is 5.56 Å². The number of hydrogen-bond donors (Lipinski definition) is 1. The lowest BCUT2D eigenvalue weighted by molar-refractivity contribution is 0.0695. The van der Waals surface area contributed by atoms with Crippen LogP contribution in [0.2, 0.25) is 0 Å². The van der Waals surface area contributed by atoms with Crippen molar-refractivity contribution in [2.75, 3.05) is 0 Å². The molecule has 0 saturated heterocycles. The van der Waals surface area contributed by atoms with Crippen molar-refractivity contribution in [2.24, 2.45) is 5.92 Å². The van der Waals surface area contributed by atoms with Crippen molar-refractivity contribution in [3.8, 4) is 0 Å². The fourth-order valence-electron chi connectivity index (χ4n) is 1.50. The molecule has 0 aliphatic rings. The van der Waals surface area contributed by atoms with E-state index in [2.05, 4.69) is 18.9 Å². The highest BCUT2D eigenvalue weighted by Gasteiger charge is 2.17. The number of nitrogens with zero attached hydrogens (tertiary/aromatic N) is 2. The second kappa shape index (κ2) is 4.47. The fraction of sp³-hybridized carbons (Fsp3) is 0.636. The Balaban J connectivity index is 3.04. The molecule has 1 rings (SSSR count). The highest BCUT2D eigenvalue weighted by Crippen LogP contribution is 2.18. The van der Waals surface area contributed by atoms with Gasteiger partial charge in [-0.05, 0) is 11.8 Å². The van der Waals surface area contributed by atoms with Crippen molar-refractivity contribution >= 4 is 5.97 Å². The Morgan fingerprint density at radius 1 is 1.47 bits per heavy atom. The molecule has 0 radical (unpaired) electrons. The summed E-state index contributed by atoms with van der Waals surface area (Å²) in [5, 5.41) is 13.3. The molecule has 0 aliphatic carbocycles. The van der Waals surface area contributed by atoms with Gasteiger partial charge in [0.25, 0.3) is 0 Å². The van der Waals surface area contributed by atoms with Crippen molar-refractivity contribution in [1.29, 1.82) is 0 Å². The van der Waals surface area contributed by atoms with Crippen LogP contribution in [0.3, 0.4) is 0 Å². The first kappa shape index (κ1) is 11.8. The van der Waals surface area contributed by atoms with Crippen LogP contribution in [0.25, 0.3) is 0 Å². The van der Waals surface area contributed by atoms with Gasteiger partial charge in [0.2, 0.25) is 0 Å². The summed E-state index contributed by atoms with van der Waals surface area (Å²) in [7, 11) is 0. The molecule has 0 aliphatic heterocycles.